The van der Waals surface area contributed by atoms with E-state index < -0.39 is 0 Å². The summed E-state index contributed by atoms with van der Waals surface area (Å²) in [6.45, 7) is 2.57. The van der Waals surface area contributed by atoms with Crippen molar-refractivity contribution < 1.29 is 5.21 Å². The maximum atomic E-state index is 8.94. The van der Waals surface area contributed by atoms with Crippen LogP contribution in [0.3, 0.4) is 0 Å². The van der Waals surface area contributed by atoms with Crippen LogP contribution in [0.25, 0.3) is 0 Å². The number of nitrogens with zero attached hydrogens (tertiary/aromatic N) is 2. The third-order valence-corrected chi connectivity index (χ3v) is 2.61. The zero-order chi connectivity index (χ0) is 9.84. The molecule has 0 aliphatic rings. The topological polar surface area (TPSA) is 36.4 Å². The molecule has 0 radical (unpaired) electrons. The second kappa shape index (κ2) is 4.69. The molecule has 0 saturated carbocycles. The van der Waals surface area contributed by atoms with Crippen molar-refractivity contribution in [1.29, 1.82) is 0 Å². The summed E-state index contributed by atoms with van der Waals surface area (Å²) in [5, 5.41) is 10.1. The van der Waals surface area contributed by atoms with E-state index in [0.717, 1.165) is 22.2 Å². The van der Waals surface area contributed by atoms with E-state index in [4.69, 9.17) is 5.21 Å². The van der Waals surface area contributed by atoms with Gasteiger partial charge in [-0.25, -0.2) is 0 Å². The zero-order valence-electron chi connectivity index (χ0n) is 7.79. The Morgan fingerprint density at radius 3 is 2.85 bits per heavy atom. The molecule has 0 atom stereocenters. The zero-order valence-corrected chi connectivity index (χ0v) is 9.37. The number of likely N-dealkylation sites (N-methyl/N-ethyl adjacent to an activating group) is 1. The molecule has 0 amide bonds. The third kappa shape index (κ3) is 3.42. The summed E-state index contributed by atoms with van der Waals surface area (Å²) < 4.78 is 1.02. The second-order valence-corrected chi connectivity index (χ2v) is 3.90. The van der Waals surface area contributed by atoms with Crippen LogP contribution in [-0.2, 0) is 6.42 Å². The van der Waals surface area contributed by atoms with Crippen molar-refractivity contribution in [3.05, 3.63) is 28.0 Å². The van der Waals surface area contributed by atoms with Gasteiger partial charge in [0.25, 0.3) is 0 Å². The fourth-order valence-electron chi connectivity index (χ4n) is 0.974. The van der Waals surface area contributed by atoms with E-state index in [2.05, 4.69) is 20.9 Å². The highest BCUT2D eigenvalue weighted by Gasteiger charge is 1.99. The van der Waals surface area contributed by atoms with E-state index in [1.807, 2.05) is 19.2 Å². The second-order valence-electron chi connectivity index (χ2n) is 3.04. The normalized spacial score (nSPS) is 10.8. The summed E-state index contributed by atoms with van der Waals surface area (Å²) in [4.78, 5) is 4.21. The standard InChI is InChI=1S/C9H13BrN2O/c1-7-9(10)5-8(6-11-7)3-4-12(2)13/h5-6,13H,3-4H2,1-2H3. The van der Waals surface area contributed by atoms with E-state index in [0.29, 0.717) is 6.54 Å². The third-order valence-electron chi connectivity index (χ3n) is 1.81. The van der Waals surface area contributed by atoms with Crippen LogP contribution in [0, 0.1) is 6.92 Å². The van der Waals surface area contributed by atoms with Crippen LogP contribution < -0.4 is 0 Å². The Labute approximate surface area is 86.5 Å². The van der Waals surface area contributed by atoms with Crippen LogP contribution >= 0.6 is 15.9 Å². The maximum absolute atomic E-state index is 8.94. The molecule has 1 aromatic rings. The van der Waals surface area contributed by atoms with E-state index in [1.54, 1.807) is 7.05 Å². The largest absolute Gasteiger partial charge is 0.314 e. The Bertz CT molecular complexity index is 289. The number of rotatable bonds is 3. The molecule has 0 spiro atoms. The summed E-state index contributed by atoms with van der Waals surface area (Å²) in [5.74, 6) is 0. The van der Waals surface area contributed by atoms with Gasteiger partial charge in [0.2, 0.25) is 0 Å². The molecule has 72 valence electrons. The lowest BCUT2D eigenvalue weighted by Crippen LogP contribution is -2.16. The summed E-state index contributed by atoms with van der Waals surface area (Å²) in [7, 11) is 1.64. The molecule has 0 fully saturated rings. The predicted octanol–water partition coefficient (Wildman–Crippen LogP) is 2.02. The summed E-state index contributed by atoms with van der Waals surface area (Å²) >= 11 is 3.41. The molecule has 0 unspecified atom stereocenters. The highest BCUT2D eigenvalue weighted by atomic mass is 79.9. The van der Waals surface area contributed by atoms with Gasteiger partial charge in [0, 0.05) is 24.3 Å². The van der Waals surface area contributed by atoms with Crippen LogP contribution in [0.1, 0.15) is 11.3 Å². The van der Waals surface area contributed by atoms with Gasteiger partial charge in [0.15, 0.2) is 0 Å². The first-order valence-corrected chi connectivity index (χ1v) is 4.90. The van der Waals surface area contributed by atoms with Crippen LogP contribution in [-0.4, -0.2) is 28.8 Å². The first-order chi connectivity index (χ1) is 6.09. The number of hydrogen-bond acceptors (Lipinski definition) is 3. The Hall–Kier alpha value is -0.450. The van der Waals surface area contributed by atoms with Crippen LogP contribution in [0.4, 0.5) is 0 Å². The van der Waals surface area contributed by atoms with Gasteiger partial charge in [-0.3, -0.25) is 4.98 Å². The van der Waals surface area contributed by atoms with Crippen LogP contribution in [0.5, 0.6) is 0 Å². The van der Waals surface area contributed by atoms with Crippen LogP contribution in [0.15, 0.2) is 16.7 Å². The molecule has 0 aliphatic carbocycles. The van der Waals surface area contributed by atoms with Crippen molar-refractivity contribution in [2.45, 2.75) is 13.3 Å². The molecule has 0 saturated heterocycles. The van der Waals surface area contributed by atoms with E-state index >= 15 is 0 Å². The number of halogens is 1. The molecular weight excluding hydrogens is 232 g/mol. The van der Waals surface area contributed by atoms with Crippen molar-refractivity contribution in [2.75, 3.05) is 13.6 Å². The monoisotopic (exact) mass is 244 g/mol. The minimum atomic E-state index is 0.622. The first kappa shape index (κ1) is 10.6. The number of aryl methyl sites for hydroxylation is 1. The van der Waals surface area contributed by atoms with Crippen molar-refractivity contribution in [3.8, 4) is 0 Å². The Balaban J connectivity index is 2.63. The predicted molar refractivity (Wildman–Crippen MR) is 54.8 cm³/mol. The van der Waals surface area contributed by atoms with E-state index in [1.165, 1.54) is 5.06 Å². The average Bonchev–Trinajstić information content (AvgIpc) is 2.07. The van der Waals surface area contributed by atoms with Gasteiger partial charge in [-0.05, 0) is 40.9 Å². The smallest absolute Gasteiger partial charge is 0.0514 e. The fraction of sp³-hybridized carbons (Fsp3) is 0.444. The molecule has 0 bridgehead atoms. The lowest BCUT2D eigenvalue weighted by molar-refractivity contribution is -0.0634. The summed E-state index contributed by atoms with van der Waals surface area (Å²) in [5.41, 5.74) is 2.11. The van der Waals surface area contributed by atoms with Gasteiger partial charge in [0.05, 0.1) is 5.69 Å². The van der Waals surface area contributed by atoms with Crippen molar-refractivity contribution in [2.24, 2.45) is 0 Å². The summed E-state index contributed by atoms with van der Waals surface area (Å²) in [6.07, 6.45) is 2.64. The SMILES string of the molecule is Cc1ncc(CCN(C)O)cc1Br. The van der Waals surface area contributed by atoms with E-state index in [-0.39, 0.29) is 0 Å². The molecule has 1 N–H and O–H groups in total. The van der Waals surface area contributed by atoms with Gasteiger partial charge in [0.1, 0.15) is 0 Å². The van der Waals surface area contributed by atoms with Gasteiger partial charge in [-0.1, -0.05) is 0 Å². The number of hydroxylamine groups is 2. The fourth-order valence-corrected chi connectivity index (χ4v) is 1.37. The highest BCUT2D eigenvalue weighted by Crippen LogP contribution is 2.15. The van der Waals surface area contributed by atoms with Crippen molar-refractivity contribution in [3.63, 3.8) is 0 Å². The Kier molecular flexibility index (Phi) is 3.84. The van der Waals surface area contributed by atoms with Crippen molar-refractivity contribution in [1.82, 2.24) is 10.0 Å². The van der Waals surface area contributed by atoms with Crippen molar-refractivity contribution >= 4 is 15.9 Å². The molecular formula is C9H13BrN2O. The Morgan fingerprint density at radius 2 is 2.31 bits per heavy atom. The molecule has 1 aromatic heterocycles. The van der Waals surface area contributed by atoms with Gasteiger partial charge < -0.3 is 5.21 Å². The summed E-state index contributed by atoms with van der Waals surface area (Å²) in [6, 6.07) is 2.03. The van der Waals surface area contributed by atoms with Crippen LogP contribution in [0.2, 0.25) is 0 Å². The highest BCUT2D eigenvalue weighted by molar-refractivity contribution is 9.10. The van der Waals surface area contributed by atoms with Gasteiger partial charge >= 0.3 is 0 Å². The lowest BCUT2D eigenvalue weighted by Gasteiger charge is -2.07. The number of pyridine rings is 1. The number of hydrogen-bond donors (Lipinski definition) is 1. The molecule has 1 rings (SSSR count). The quantitative estimate of drug-likeness (QED) is 0.827. The minimum Gasteiger partial charge on any atom is -0.314 e. The minimum absolute atomic E-state index is 0.622. The maximum Gasteiger partial charge on any atom is 0.0514 e. The van der Waals surface area contributed by atoms with Gasteiger partial charge in [-0.15, -0.1) is 0 Å². The molecule has 1 heterocycles. The number of aromatic nitrogens is 1. The molecule has 0 aromatic carbocycles. The Morgan fingerprint density at radius 1 is 1.62 bits per heavy atom. The molecule has 4 heteroatoms. The average molecular weight is 245 g/mol. The molecule has 13 heavy (non-hydrogen) atoms. The lowest BCUT2D eigenvalue weighted by atomic mass is 10.2. The van der Waals surface area contributed by atoms with Gasteiger partial charge in [-0.2, -0.15) is 5.06 Å². The molecule has 3 nitrogen and oxygen atoms in total. The first-order valence-electron chi connectivity index (χ1n) is 4.10. The van der Waals surface area contributed by atoms with E-state index in [9.17, 15) is 0 Å². The molecule has 0 aliphatic heterocycles.